The lowest BCUT2D eigenvalue weighted by Crippen LogP contribution is -2.42. The molecule has 2 heterocycles. The van der Waals surface area contributed by atoms with Crippen LogP contribution >= 0.6 is 11.3 Å². The number of ketones is 1. The van der Waals surface area contributed by atoms with Crippen LogP contribution in [0.15, 0.2) is 42.5 Å². The fourth-order valence-electron chi connectivity index (χ4n) is 3.56. The van der Waals surface area contributed by atoms with Crippen molar-refractivity contribution in [3.63, 3.8) is 0 Å². The van der Waals surface area contributed by atoms with E-state index < -0.39 is 41.4 Å². The van der Waals surface area contributed by atoms with Crippen molar-refractivity contribution in [1.82, 2.24) is 10.2 Å². The number of urea groups is 1. The molecule has 1 aromatic heterocycles. The van der Waals surface area contributed by atoms with E-state index in [0.29, 0.717) is 4.88 Å². The van der Waals surface area contributed by atoms with Gasteiger partial charge in [0.1, 0.15) is 17.2 Å². The smallest absolute Gasteiger partial charge is 0.319 e. The van der Waals surface area contributed by atoms with Crippen molar-refractivity contribution in [1.29, 1.82) is 0 Å². The summed E-state index contributed by atoms with van der Waals surface area (Å²) in [4.78, 5) is 39.4. The minimum atomic E-state index is -1.79. The summed E-state index contributed by atoms with van der Waals surface area (Å²) in [6.07, 6.45) is 0. The molecule has 1 aliphatic rings. The molecule has 1 fully saturated rings. The van der Waals surface area contributed by atoms with Gasteiger partial charge < -0.3 is 5.32 Å². The lowest BCUT2D eigenvalue weighted by Gasteiger charge is -2.22. The van der Waals surface area contributed by atoms with Crippen molar-refractivity contribution < 1.29 is 23.2 Å². The Morgan fingerprint density at radius 3 is 2.62 bits per heavy atom. The number of nitrogens with one attached hydrogen (secondary N) is 1. The largest absolute Gasteiger partial charge is 0.325 e. The molecule has 3 aromatic rings. The third kappa shape index (κ3) is 3.00. The summed E-state index contributed by atoms with van der Waals surface area (Å²) in [6.45, 7) is 2.62. The molecule has 3 amide bonds. The van der Waals surface area contributed by atoms with Gasteiger partial charge in [-0.25, -0.2) is 13.6 Å². The van der Waals surface area contributed by atoms with Crippen LogP contribution in [0.1, 0.15) is 27.7 Å². The number of fused-ring (bicyclic) bond motifs is 1. The molecular formula is C21H16F2N2O3S. The van der Waals surface area contributed by atoms with E-state index >= 15 is 0 Å². The topological polar surface area (TPSA) is 66.5 Å². The molecule has 1 saturated heterocycles. The number of thiophene rings is 1. The van der Waals surface area contributed by atoms with E-state index in [1.165, 1.54) is 18.3 Å². The molecule has 4 rings (SSSR count). The number of halogens is 2. The first-order chi connectivity index (χ1) is 13.7. The summed E-state index contributed by atoms with van der Waals surface area (Å²) in [7, 11) is 0. The van der Waals surface area contributed by atoms with Gasteiger partial charge in [-0.1, -0.05) is 18.2 Å². The van der Waals surface area contributed by atoms with Gasteiger partial charge in [0.15, 0.2) is 5.78 Å². The zero-order chi connectivity index (χ0) is 20.9. The molecule has 1 unspecified atom stereocenters. The summed E-state index contributed by atoms with van der Waals surface area (Å²) >= 11 is 1.29. The van der Waals surface area contributed by atoms with Crippen molar-refractivity contribution in [3.05, 3.63) is 70.1 Å². The Balaban J connectivity index is 1.65. The van der Waals surface area contributed by atoms with Crippen LogP contribution in [0.5, 0.6) is 0 Å². The molecule has 0 spiro atoms. The van der Waals surface area contributed by atoms with Crippen LogP contribution in [0.2, 0.25) is 0 Å². The molecule has 0 radical (unpaired) electrons. The van der Waals surface area contributed by atoms with Crippen LogP contribution in [0.4, 0.5) is 13.6 Å². The second-order valence-corrected chi connectivity index (χ2v) is 8.10. The van der Waals surface area contributed by atoms with E-state index in [0.717, 1.165) is 38.7 Å². The molecular weight excluding hydrogens is 398 g/mol. The number of nitrogens with zero attached hydrogens (tertiary/aromatic N) is 1. The number of imide groups is 1. The highest BCUT2D eigenvalue weighted by molar-refractivity contribution is 7.21. The van der Waals surface area contributed by atoms with Crippen LogP contribution in [0.3, 0.4) is 0 Å². The van der Waals surface area contributed by atoms with Crippen molar-refractivity contribution in [2.75, 3.05) is 6.54 Å². The molecule has 1 atom stereocenters. The number of Topliss-reactive ketones (excluding diaryl/α,β-unsaturated/α-hetero) is 1. The predicted octanol–water partition coefficient (Wildman–Crippen LogP) is 4.14. The van der Waals surface area contributed by atoms with Gasteiger partial charge in [-0.3, -0.25) is 14.5 Å². The van der Waals surface area contributed by atoms with E-state index in [2.05, 4.69) is 5.32 Å². The first-order valence-corrected chi connectivity index (χ1v) is 9.65. The summed E-state index contributed by atoms with van der Waals surface area (Å²) in [5.74, 6) is -2.76. The van der Waals surface area contributed by atoms with E-state index in [-0.39, 0.29) is 5.56 Å². The third-order valence-electron chi connectivity index (χ3n) is 5.14. The first-order valence-electron chi connectivity index (χ1n) is 8.83. The second kappa shape index (κ2) is 6.73. The minimum absolute atomic E-state index is 0.288. The molecule has 1 aliphatic heterocycles. The number of aryl methyl sites for hydroxylation is 1. The minimum Gasteiger partial charge on any atom is -0.319 e. The summed E-state index contributed by atoms with van der Waals surface area (Å²) < 4.78 is 28.8. The highest BCUT2D eigenvalue weighted by Crippen LogP contribution is 2.33. The molecule has 0 bridgehead atoms. The van der Waals surface area contributed by atoms with Crippen LogP contribution in [0, 0.1) is 18.6 Å². The van der Waals surface area contributed by atoms with Gasteiger partial charge in [-0.05, 0) is 49.1 Å². The molecule has 29 heavy (non-hydrogen) atoms. The third-order valence-corrected chi connectivity index (χ3v) is 6.45. The van der Waals surface area contributed by atoms with Gasteiger partial charge >= 0.3 is 6.03 Å². The SMILES string of the molecule is Cc1c(C(=O)CN2C(=O)NC(C)(c3cc(F)ccc3F)C2=O)sc2ccccc12. The van der Waals surface area contributed by atoms with Crippen LogP contribution in [0.25, 0.3) is 10.1 Å². The molecule has 1 N–H and O–H groups in total. The number of hydrogen-bond acceptors (Lipinski definition) is 4. The van der Waals surface area contributed by atoms with E-state index in [1.54, 1.807) is 0 Å². The Morgan fingerprint density at radius 2 is 1.90 bits per heavy atom. The number of hydrogen-bond donors (Lipinski definition) is 1. The summed E-state index contributed by atoms with van der Waals surface area (Å²) in [6, 6.07) is 9.38. The first kappa shape index (κ1) is 19.2. The van der Waals surface area contributed by atoms with Crippen LogP contribution in [-0.2, 0) is 10.3 Å². The van der Waals surface area contributed by atoms with Crippen molar-refractivity contribution in [3.8, 4) is 0 Å². The average Bonchev–Trinajstić information content (AvgIpc) is 3.14. The number of rotatable bonds is 4. The zero-order valence-electron chi connectivity index (χ0n) is 15.6. The number of benzene rings is 2. The monoisotopic (exact) mass is 414 g/mol. The summed E-state index contributed by atoms with van der Waals surface area (Å²) in [5, 5.41) is 3.33. The Bertz CT molecular complexity index is 1190. The van der Waals surface area contributed by atoms with Gasteiger partial charge in [-0.15, -0.1) is 11.3 Å². The fourth-order valence-corrected chi connectivity index (χ4v) is 4.70. The highest BCUT2D eigenvalue weighted by Gasteiger charge is 2.51. The van der Waals surface area contributed by atoms with E-state index in [1.807, 2.05) is 31.2 Å². The van der Waals surface area contributed by atoms with Gasteiger partial charge in [0.05, 0.1) is 11.4 Å². The van der Waals surface area contributed by atoms with Crippen LogP contribution in [-0.4, -0.2) is 29.2 Å². The molecule has 0 saturated carbocycles. The maximum Gasteiger partial charge on any atom is 0.325 e. The standard InChI is InChI=1S/C21H16F2N2O3S/c1-11-13-5-3-4-6-17(13)29-18(11)16(26)10-25-19(27)21(2,24-20(25)28)14-9-12(22)7-8-15(14)23/h3-9H,10H2,1-2H3,(H,24,28). The Morgan fingerprint density at radius 1 is 1.17 bits per heavy atom. The van der Waals surface area contributed by atoms with Gasteiger partial charge in [0, 0.05) is 10.3 Å². The molecule has 148 valence electrons. The van der Waals surface area contributed by atoms with Gasteiger partial charge in [0.2, 0.25) is 0 Å². The summed E-state index contributed by atoms with van der Waals surface area (Å²) in [5.41, 5.74) is -1.30. The van der Waals surface area contributed by atoms with Crippen molar-refractivity contribution >= 4 is 39.1 Å². The lowest BCUT2D eigenvalue weighted by molar-refractivity contribution is -0.130. The van der Waals surface area contributed by atoms with E-state index in [4.69, 9.17) is 0 Å². The quantitative estimate of drug-likeness (QED) is 0.516. The lowest BCUT2D eigenvalue weighted by atomic mass is 9.91. The zero-order valence-corrected chi connectivity index (χ0v) is 16.4. The number of amides is 3. The number of carbonyl (C=O) groups excluding carboxylic acids is 3. The Hall–Kier alpha value is -3.13. The Kier molecular flexibility index (Phi) is 4.46. The second-order valence-electron chi connectivity index (χ2n) is 7.05. The predicted molar refractivity (Wildman–Crippen MR) is 105 cm³/mol. The molecule has 5 nitrogen and oxygen atoms in total. The highest BCUT2D eigenvalue weighted by atomic mass is 32.1. The molecule has 0 aliphatic carbocycles. The normalized spacial score (nSPS) is 19.1. The maximum atomic E-state index is 14.2. The molecule has 2 aromatic carbocycles. The molecule has 8 heteroatoms. The fraction of sp³-hybridized carbons (Fsp3) is 0.190. The average molecular weight is 414 g/mol. The Labute approximate surface area is 168 Å². The maximum absolute atomic E-state index is 14.2. The van der Waals surface area contributed by atoms with Gasteiger partial charge in [-0.2, -0.15) is 0 Å². The van der Waals surface area contributed by atoms with Crippen molar-refractivity contribution in [2.24, 2.45) is 0 Å². The van der Waals surface area contributed by atoms with E-state index in [9.17, 15) is 23.2 Å². The number of carbonyl (C=O) groups is 3. The van der Waals surface area contributed by atoms with Gasteiger partial charge in [0.25, 0.3) is 5.91 Å². The van der Waals surface area contributed by atoms with Crippen molar-refractivity contribution in [2.45, 2.75) is 19.4 Å². The van der Waals surface area contributed by atoms with Crippen LogP contribution < -0.4 is 5.32 Å².